The van der Waals surface area contributed by atoms with E-state index in [1.807, 2.05) is 13.8 Å². The average Bonchev–Trinajstić information content (AvgIpc) is 2.56. The van der Waals surface area contributed by atoms with Crippen molar-refractivity contribution >= 4 is 0 Å². The molecule has 4 nitrogen and oxygen atoms in total. The monoisotopic (exact) mass is 252 g/mol. The number of nitrogens with one attached hydrogen (secondary N) is 1. The van der Waals surface area contributed by atoms with Crippen LogP contribution in [-0.2, 0) is 4.74 Å². The number of aromatic nitrogens is 1. The zero-order valence-electron chi connectivity index (χ0n) is 12.0. The number of aryl methyl sites for hydroxylation is 2. The lowest BCUT2D eigenvalue weighted by Crippen LogP contribution is -2.42. The molecular weight excluding hydrogens is 228 g/mol. The molecule has 4 heteroatoms. The first-order chi connectivity index (χ1) is 8.47. The number of hydrogen-bond acceptors (Lipinski definition) is 4. The zero-order chi connectivity index (χ0) is 13.3. The van der Waals surface area contributed by atoms with E-state index in [4.69, 9.17) is 9.26 Å². The molecule has 1 aromatic rings. The van der Waals surface area contributed by atoms with Crippen LogP contribution in [0.1, 0.15) is 56.7 Å². The van der Waals surface area contributed by atoms with Gasteiger partial charge in [-0.05, 0) is 47.5 Å². The predicted molar refractivity (Wildman–Crippen MR) is 70.6 cm³/mol. The highest BCUT2D eigenvalue weighted by Gasteiger charge is 2.27. The molecule has 0 saturated carbocycles. The largest absolute Gasteiger partial charge is 0.375 e. The first-order valence-corrected chi connectivity index (χ1v) is 6.81. The normalized spacial score (nSPS) is 30.4. The molecule has 2 rings (SSSR count). The van der Waals surface area contributed by atoms with Gasteiger partial charge < -0.3 is 14.6 Å². The average molecular weight is 252 g/mol. The second kappa shape index (κ2) is 5.41. The summed E-state index contributed by atoms with van der Waals surface area (Å²) in [6, 6.07) is 0.784. The summed E-state index contributed by atoms with van der Waals surface area (Å²) in [7, 11) is 0. The zero-order valence-corrected chi connectivity index (χ0v) is 12.0. The fraction of sp³-hybridized carbons (Fsp3) is 0.786. The van der Waals surface area contributed by atoms with Crippen molar-refractivity contribution in [3.05, 3.63) is 17.0 Å². The standard InChI is InChI=1S/C14H24N2O2/c1-8-6-13(7-9(2)17-8)15-10(3)14-11(4)16-18-12(14)5/h8-10,13,15H,6-7H2,1-5H3. The van der Waals surface area contributed by atoms with Gasteiger partial charge in [0.25, 0.3) is 0 Å². The summed E-state index contributed by atoms with van der Waals surface area (Å²) < 4.78 is 11.0. The maximum Gasteiger partial charge on any atom is 0.138 e. The fourth-order valence-electron chi connectivity index (χ4n) is 3.09. The summed E-state index contributed by atoms with van der Waals surface area (Å²) >= 11 is 0. The van der Waals surface area contributed by atoms with Crippen LogP contribution < -0.4 is 5.32 Å². The molecule has 18 heavy (non-hydrogen) atoms. The lowest BCUT2D eigenvalue weighted by atomic mass is 9.97. The summed E-state index contributed by atoms with van der Waals surface area (Å²) in [6.45, 7) is 10.4. The minimum atomic E-state index is 0.277. The smallest absolute Gasteiger partial charge is 0.138 e. The van der Waals surface area contributed by atoms with Crippen LogP contribution in [0.5, 0.6) is 0 Å². The van der Waals surface area contributed by atoms with E-state index in [0.717, 1.165) is 24.3 Å². The maximum absolute atomic E-state index is 5.77. The van der Waals surface area contributed by atoms with Crippen LogP contribution >= 0.6 is 0 Å². The molecule has 0 aliphatic carbocycles. The van der Waals surface area contributed by atoms with E-state index in [9.17, 15) is 0 Å². The summed E-state index contributed by atoms with van der Waals surface area (Å²) in [5, 5.41) is 7.70. The van der Waals surface area contributed by atoms with E-state index in [1.54, 1.807) is 0 Å². The molecule has 1 N–H and O–H groups in total. The molecular formula is C14H24N2O2. The van der Waals surface area contributed by atoms with Gasteiger partial charge in [-0.2, -0.15) is 0 Å². The van der Waals surface area contributed by atoms with Gasteiger partial charge in [0, 0.05) is 17.6 Å². The number of rotatable bonds is 3. The number of hydrogen-bond donors (Lipinski definition) is 1. The minimum absolute atomic E-state index is 0.277. The topological polar surface area (TPSA) is 47.3 Å². The van der Waals surface area contributed by atoms with Gasteiger partial charge in [-0.1, -0.05) is 5.16 Å². The maximum atomic E-state index is 5.77. The van der Waals surface area contributed by atoms with Gasteiger partial charge in [-0.25, -0.2) is 0 Å². The lowest BCUT2D eigenvalue weighted by Gasteiger charge is -2.34. The van der Waals surface area contributed by atoms with Crippen molar-refractivity contribution in [3.63, 3.8) is 0 Å². The van der Waals surface area contributed by atoms with Crippen molar-refractivity contribution in [2.24, 2.45) is 0 Å². The summed E-state index contributed by atoms with van der Waals surface area (Å²) in [6.07, 6.45) is 2.81. The van der Waals surface area contributed by atoms with E-state index >= 15 is 0 Å². The Kier molecular flexibility index (Phi) is 4.07. The predicted octanol–water partition coefficient (Wildman–Crippen LogP) is 2.90. The van der Waals surface area contributed by atoms with E-state index < -0.39 is 0 Å². The molecule has 2 heterocycles. The molecule has 1 aromatic heterocycles. The first kappa shape index (κ1) is 13.6. The third kappa shape index (κ3) is 2.93. The molecule has 102 valence electrons. The second-order valence-corrected chi connectivity index (χ2v) is 5.55. The van der Waals surface area contributed by atoms with Crippen LogP contribution in [0.2, 0.25) is 0 Å². The van der Waals surface area contributed by atoms with E-state index in [0.29, 0.717) is 18.2 Å². The highest BCUT2D eigenvalue weighted by molar-refractivity contribution is 5.24. The quantitative estimate of drug-likeness (QED) is 0.898. The molecule has 1 aliphatic heterocycles. The summed E-state index contributed by atoms with van der Waals surface area (Å²) in [5.41, 5.74) is 2.18. The Balaban J connectivity index is 2.01. The van der Waals surface area contributed by atoms with Crippen molar-refractivity contribution < 1.29 is 9.26 Å². The van der Waals surface area contributed by atoms with Gasteiger partial charge in [0.05, 0.1) is 17.9 Å². The highest BCUT2D eigenvalue weighted by Crippen LogP contribution is 2.25. The van der Waals surface area contributed by atoms with Crippen LogP contribution in [0.4, 0.5) is 0 Å². The molecule has 3 unspecified atom stereocenters. The molecule has 1 fully saturated rings. The molecule has 1 saturated heterocycles. The van der Waals surface area contributed by atoms with E-state index in [-0.39, 0.29) is 6.04 Å². The Morgan fingerprint density at radius 3 is 2.33 bits per heavy atom. The van der Waals surface area contributed by atoms with Crippen LogP contribution in [0.25, 0.3) is 0 Å². The van der Waals surface area contributed by atoms with Crippen LogP contribution in [-0.4, -0.2) is 23.4 Å². The Hall–Kier alpha value is -0.870. The Morgan fingerprint density at radius 1 is 1.22 bits per heavy atom. The van der Waals surface area contributed by atoms with Gasteiger partial charge in [-0.15, -0.1) is 0 Å². The minimum Gasteiger partial charge on any atom is -0.375 e. The molecule has 0 aromatic carbocycles. The third-order valence-corrected chi connectivity index (χ3v) is 3.70. The highest BCUT2D eigenvalue weighted by atomic mass is 16.5. The van der Waals surface area contributed by atoms with Gasteiger partial charge in [0.1, 0.15) is 5.76 Å². The molecule has 0 spiro atoms. The second-order valence-electron chi connectivity index (χ2n) is 5.55. The fourth-order valence-corrected chi connectivity index (χ4v) is 3.09. The molecule has 0 bridgehead atoms. The van der Waals surface area contributed by atoms with Crippen molar-refractivity contribution in [3.8, 4) is 0 Å². The van der Waals surface area contributed by atoms with E-state index in [1.165, 1.54) is 5.56 Å². The van der Waals surface area contributed by atoms with Gasteiger partial charge >= 0.3 is 0 Å². The summed E-state index contributed by atoms with van der Waals surface area (Å²) in [4.78, 5) is 0. The number of nitrogens with zero attached hydrogens (tertiary/aromatic N) is 1. The van der Waals surface area contributed by atoms with E-state index in [2.05, 4.69) is 31.2 Å². The van der Waals surface area contributed by atoms with Crippen LogP contribution in [0, 0.1) is 13.8 Å². The Morgan fingerprint density at radius 2 is 1.83 bits per heavy atom. The third-order valence-electron chi connectivity index (χ3n) is 3.70. The van der Waals surface area contributed by atoms with Gasteiger partial charge in [-0.3, -0.25) is 0 Å². The molecule has 0 amide bonds. The van der Waals surface area contributed by atoms with Gasteiger partial charge in [0.15, 0.2) is 0 Å². The number of ether oxygens (including phenoxy) is 1. The molecule has 1 aliphatic rings. The van der Waals surface area contributed by atoms with Crippen LogP contribution in [0.3, 0.4) is 0 Å². The SMILES string of the molecule is Cc1noc(C)c1C(C)NC1CC(C)OC(C)C1. The van der Waals surface area contributed by atoms with Crippen LogP contribution in [0.15, 0.2) is 4.52 Å². The molecule has 3 atom stereocenters. The Bertz CT molecular complexity index is 373. The first-order valence-electron chi connectivity index (χ1n) is 6.81. The van der Waals surface area contributed by atoms with Crippen molar-refractivity contribution in [2.45, 2.75) is 71.8 Å². The van der Waals surface area contributed by atoms with Crippen molar-refractivity contribution in [1.82, 2.24) is 10.5 Å². The lowest BCUT2D eigenvalue weighted by molar-refractivity contribution is -0.0433. The Labute approximate surface area is 109 Å². The summed E-state index contributed by atoms with van der Waals surface area (Å²) in [5.74, 6) is 0.917. The molecule has 0 radical (unpaired) electrons. The van der Waals surface area contributed by atoms with Crippen molar-refractivity contribution in [2.75, 3.05) is 0 Å². The van der Waals surface area contributed by atoms with Crippen molar-refractivity contribution in [1.29, 1.82) is 0 Å². The van der Waals surface area contributed by atoms with Gasteiger partial charge in [0.2, 0.25) is 0 Å².